The molecule has 1 aromatic heterocycles. The molecule has 0 aliphatic heterocycles. The van der Waals surface area contributed by atoms with Crippen molar-refractivity contribution in [3.05, 3.63) is 70.7 Å². The number of carbonyl (C=O) groups is 1. The highest BCUT2D eigenvalue weighted by Crippen LogP contribution is 2.29. The van der Waals surface area contributed by atoms with Gasteiger partial charge in [-0.3, -0.25) is 4.79 Å². The molecule has 0 saturated carbocycles. The first kappa shape index (κ1) is 19.3. The van der Waals surface area contributed by atoms with E-state index in [0.29, 0.717) is 25.2 Å². The summed E-state index contributed by atoms with van der Waals surface area (Å²) in [7, 11) is 0. The molecule has 0 spiro atoms. The van der Waals surface area contributed by atoms with Crippen molar-refractivity contribution in [3.63, 3.8) is 0 Å². The van der Waals surface area contributed by atoms with Gasteiger partial charge in [-0.25, -0.2) is 4.39 Å². The monoisotopic (exact) mass is 365 g/mol. The third kappa shape index (κ3) is 4.47. The van der Waals surface area contributed by atoms with Crippen molar-refractivity contribution < 1.29 is 9.18 Å². The zero-order valence-electron chi connectivity index (χ0n) is 16.9. The summed E-state index contributed by atoms with van der Waals surface area (Å²) in [5, 5.41) is 1.18. The van der Waals surface area contributed by atoms with Gasteiger partial charge in [0.25, 0.3) is 0 Å². The minimum atomic E-state index is -0.215. The van der Waals surface area contributed by atoms with E-state index in [0.717, 1.165) is 22.2 Å². The highest BCUT2D eigenvalue weighted by Gasteiger charge is 2.19. The van der Waals surface area contributed by atoms with Gasteiger partial charge in [0.1, 0.15) is 11.6 Å². The van der Waals surface area contributed by atoms with Crippen molar-refractivity contribution in [2.75, 3.05) is 0 Å². The van der Waals surface area contributed by atoms with Gasteiger partial charge in [0, 0.05) is 36.5 Å². The number of aryl methyl sites for hydroxylation is 2. The van der Waals surface area contributed by atoms with E-state index in [1.165, 1.54) is 23.1 Å². The first-order chi connectivity index (χ1) is 12.6. The normalized spacial score (nSPS) is 11.9. The van der Waals surface area contributed by atoms with Crippen LogP contribution < -0.4 is 0 Å². The molecule has 0 aliphatic carbocycles. The number of halogens is 1. The lowest BCUT2D eigenvalue weighted by Crippen LogP contribution is -2.15. The largest absolute Gasteiger partial charge is 0.343 e. The summed E-state index contributed by atoms with van der Waals surface area (Å²) in [6.07, 6.45) is 3.16. The number of ketones is 1. The Morgan fingerprint density at radius 3 is 2.37 bits per heavy atom. The van der Waals surface area contributed by atoms with Crippen LogP contribution >= 0.6 is 0 Å². The minimum Gasteiger partial charge on any atom is -0.343 e. The zero-order valence-corrected chi connectivity index (χ0v) is 16.9. The fraction of sp³-hybridized carbons (Fsp3) is 0.375. The Kier molecular flexibility index (Phi) is 5.23. The van der Waals surface area contributed by atoms with Crippen molar-refractivity contribution in [2.45, 2.75) is 54.0 Å². The van der Waals surface area contributed by atoms with Crippen LogP contribution in [0, 0.1) is 25.1 Å². The highest BCUT2D eigenvalue weighted by atomic mass is 19.1. The highest BCUT2D eigenvalue weighted by molar-refractivity contribution is 5.89. The molecule has 3 aromatic rings. The summed E-state index contributed by atoms with van der Waals surface area (Å²) in [6, 6.07) is 10.9. The molecule has 0 bridgehead atoms. The van der Waals surface area contributed by atoms with Crippen molar-refractivity contribution in [1.82, 2.24) is 4.57 Å². The smallest absolute Gasteiger partial charge is 0.137 e. The molecule has 2 nitrogen and oxygen atoms in total. The predicted octanol–water partition coefficient (Wildman–Crippen LogP) is 5.99. The molecule has 0 radical (unpaired) electrons. The maximum absolute atomic E-state index is 13.1. The molecular weight excluding hydrogens is 337 g/mol. The first-order valence-corrected chi connectivity index (χ1v) is 9.48. The Bertz CT molecular complexity index is 974. The van der Waals surface area contributed by atoms with E-state index in [4.69, 9.17) is 0 Å². The Morgan fingerprint density at radius 1 is 1.07 bits per heavy atom. The second-order valence-corrected chi connectivity index (χ2v) is 8.75. The lowest BCUT2D eigenvalue weighted by Gasteiger charge is -2.18. The van der Waals surface area contributed by atoms with Gasteiger partial charge in [-0.2, -0.15) is 0 Å². The quantitative estimate of drug-likeness (QED) is 0.544. The van der Waals surface area contributed by atoms with Gasteiger partial charge in [-0.1, -0.05) is 32.9 Å². The second-order valence-electron chi connectivity index (χ2n) is 8.75. The molecule has 0 fully saturated rings. The van der Waals surface area contributed by atoms with Gasteiger partial charge in [0.05, 0.1) is 0 Å². The maximum Gasteiger partial charge on any atom is 0.137 e. The molecule has 3 rings (SSSR count). The van der Waals surface area contributed by atoms with E-state index in [1.54, 1.807) is 0 Å². The number of hydrogen-bond donors (Lipinski definition) is 0. The Balaban J connectivity index is 1.92. The number of benzene rings is 2. The van der Waals surface area contributed by atoms with E-state index in [9.17, 15) is 9.18 Å². The van der Waals surface area contributed by atoms with Crippen LogP contribution in [0.1, 0.15) is 49.4 Å². The molecular formula is C24H28FNO. The van der Waals surface area contributed by atoms with Crippen LogP contribution in [-0.2, 0) is 17.8 Å². The van der Waals surface area contributed by atoms with Crippen LogP contribution in [0.2, 0.25) is 0 Å². The van der Waals surface area contributed by atoms with Crippen LogP contribution in [0.4, 0.5) is 4.39 Å². The molecule has 2 aromatic carbocycles. The Hall–Kier alpha value is -2.42. The van der Waals surface area contributed by atoms with Crippen molar-refractivity contribution in [1.29, 1.82) is 0 Å². The fourth-order valence-electron chi connectivity index (χ4n) is 3.76. The summed E-state index contributed by atoms with van der Waals surface area (Å²) >= 11 is 0. The van der Waals surface area contributed by atoms with Crippen LogP contribution in [0.25, 0.3) is 10.9 Å². The summed E-state index contributed by atoms with van der Waals surface area (Å²) < 4.78 is 15.3. The van der Waals surface area contributed by atoms with Crippen molar-refractivity contribution >= 4 is 16.7 Å². The van der Waals surface area contributed by atoms with E-state index in [2.05, 4.69) is 57.5 Å². The number of carbonyl (C=O) groups excluding carboxylic acids is 1. The first-order valence-electron chi connectivity index (χ1n) is 9.48. The summed E-state index contributed by atoms with van der Waals surface area (Å²) in [4.78, 5) is 12.5. The summed E-state index contributed by atoms with van der Waals surface area (Å²) in [5.41, 5.74) is 5.72. The molecule has 0 unspecified atom stereocenters. The minimum absolute atomic E-state index is 0.0154. The predicted molar refractivity (Wildman–Crippen MR) is 110 cm³/mol. The molecule has 0 saturated heterocycles. The SMILES string of the molecule is Cc1cc2c(ccn2Cc2ccc(F)cc2)c(C)c1CC(=O)CC(C)(C)C. The number of hydrogen-bond acceptors (Lipinski definition) is 1. The van der Waals surface area contributed by atoms with Gasteiger partial charge < -0.3 is 4.57 Å². The molecule has 142 valence electrons. The number of rotatable bonds is 5. The number of Topliss-reactive ketones (excluding diaryl/α,β-unsaturated/α-hetero) is 1. The molecule has 3 heteroatoms. The van der Waals surface area contributed by atoms with Crippen LogP contribution in [0.15, 0.2) is 42.6 Å². The molecule has 0 aliphatic rings. The van der Waals surface area contributed by atoms with Crippen molar-refractivity contribution in [2.24, 2.45) is 5.41 Å². The molecule has 0 amide bonds. The summed E-state index contributed by atoms with van der Waals surface area (Å²) in [5.74, 6) is 0.0752. The van der Waals surface area contributed by atoms with Crippen LogP contribution in [0.5, 0.6) is 0 Å². The number of fused-ring (bicyclic) bond motifs is 1. The zero-order chi connectivity index (χ0) is 19.8. The van der Waals surface area contributed by atoms with E-state index >= 15 is 0 Å². The molecule has 1 heterocycles. The van der Waals surface area contributed by atoms with Crippen LogP contribution in [0.3, 0.4) is 0 Å². The Labute approximate surface area is 161 Å². The molecule has 0 N–H and O–H groups in total. The fourth-order valence-corrected chi connectivity index (χ4v) is 3.76. The molecule has 0 atom stereocenters. The van der Waals surface area contributed by atoms with E-state index in [-0.39, 0.29) is 11.2 Å². The van der Waals surface area contributed by atoms with Gasteiger partial charge in [-0.15, -0.1) is 0 Å². The van der Waals surface area contributed by atoms with E-state index in [1.807, 2.05) is 12.1 Å². The average Bonchev–Trinajstić information content (AvgIpc) is 2.95. The third-order valence-electron chi connectivity index (χ3n) is 5.06. The van der Waals surface area contributed by atoms with Crippen molar-refractivity contribution in [3.8, 4) is 0 Å². The van der Waals surface area contributed by atoms with Gasteiger partial charge >= 0.3 is 0 Å². The number of nitrogens with zero attached hydrogens (tertiary/aromatic N) is 1. The average molecular weight is 365 g/mol. The lowest BCUT2D eigenvalue weighted by molar-refractivity contribution is -0.120. The van der Waals surface area contributed by atoms with Crippen LogP contribution in [-0.4, -0.2) is 10.4 Å². The van der Waals surface area contributed by atoms with Gasteiger partial charge in [0.2, 0.25) is 0 Å². The lowest BCUT2D eigenvalue weighted by atomic mass is 9.86. The second kappa shape index (κ2) is 7.30. The number of aromatic nitrogens is 1. The third-order valence-corrected chi connectivity index (χ3v) is 5.06. The summed E-state index contributed by atoms with van der Waals surface area (Å²) in [6.45, 7) is 11.2. The van der Waals surface area contributed by atoms with E-state index < -0.39 is 0 Å². The Morgan fingerprint density at radius 2 is 1.74 bits per heavy atom. The maximum atomic E-state index is 13.1. The standard InChI is InChI=1S/C24H28FNO/c1-16-12-23-21(17(2)22(16)13-20(27)14-24(3,4)5)10-11-26(23)15-18-6-8-19(25)9-7-18/h6-12H,13-15H2,1-5H3. The van der Waals surface area contributed by atoms with Gasteiger partial charge in [-0.05, 0) is 65.8 Å². The van der Waals surface area contributed by atoms with Gasteiger partial charge in [0.15, 0.2) is 0 Å². The molecule has 27 heavy (non-hydrogen) atoms. The topological polar surface area (TPSA) is 22.0 Å².